The average Bonchev–Trinajstić information content (AvgIpc) is 1.58. The Bertz CT molecular complexity index is 6970. The molecular formula is C128H138Ir2N9Pt-3. The van der Waals surface area contributed by atoms with E-state index in [1.165, 1.54) is 159 Å². The van der Waals surface area contributed by atoms with Gasteiger partial charge in [-0.25, -0.2) is 0 Å². The van der Waals surface area contributed by atoms with Crippen LogP contribution in [0.3, 0.4) is 0 Å². The van der Waals surface area contributed by atoms with E-state index in [1.54, 1.807) is 0 Å². The van der Waals surface area contributed by atoms with Crippen LogP contribution in [0.5, 0.6) is 0 Å². The van der Waals surface area contributed by atoms with Crippen molar-refractivity contribution in [1.82, 2.24) is 44.3 Å². The van der Waals surface area contributed by atoms with Gasteiger partial charge in [-0.1, -0.05) is 316 Å². The molecule has 3 heterocycles. The average molecular weight is 2380 g/mol. The van der Waals surface area contributed by atoms with Crippen molar-refractivity contribution in [1.29, 1.82) is 0 Å². The fraction of sp³-hybridized carbons (Fsp3) is 0.297. The zero-order valence-corrected chi connectivity index (χ0v) is 94.2. The Morgan fingerprint density at radius 2 is 0.586 bits per heavy atom. The van der Waals surface area contributed by atoms with Gasteiger partial charge in [-0.15, -0.1) is 107 Å². The van der Waals surface area contributed by atoms with Crippen molar-refractivity contribution in [3.63, 3.8) is 0 Å². The van der Waals surface area contributed by atoms with E-state index in [0.29, 0.717) is 5.82 Å². The number of rotatable bonds is 21. The molecule has 0 saturated heterocycles. The molecule has 0 unspecified atom stereocenters. The summed E-state index contributed by atoms with van der Waals surface area (Å²) in [4.78, 5) is 15.6. The first-order valence-corrected chi connectivity index (χ1v) is 49.2. The Kier molecular flexibility index (Phi) is 34.6. The summed E-state index contributed by atoms with van der Waals surface area (Å²) in [7, 11) is 0. The normalized spacial score (nSPS) is 11.6. The molecule has 0 aliphatic carbocycles. The van der Waals surface area contributed by atoms with Gasteiger partial charge in [0.1, 0.15) is 0 Å². The summed E-state index contributed by atoms with van der Waals surface area (Å²) in [5.74, 6) is 5.02. The Hall–Kier alpha value is -11.5. The third-order valence-electron chi connectivity index (χ3n) is 26.2. The number of nitrogens with zero attached hydrogens (tertiary/aromatic N) is 9. The fourth-order valence-corrected chi connectivity index (χ4v) is 18.9. The SMILES string of the molecule is CCCCCCc1cc(C)c(-n2nc(-c3cc(C)cc(C)c3)nc2-c2[c-]cccc2)c(C)c1.Cc1cc(C)cc(-c2nc(-c3[c-]ccc(-c4cc(-c5ccc(C(C)(C)C)cc5)cc(-c5ccc(C(C)(C)C)cc5)c4)c3)n(-c3c(C(C)C)cc(-c4ccccc4)cc3C(C)C)n2)c1.Cc1cc(C)cc(-c2nc(-c3[c-]ccc(-c4ccc(C(C)(C)C)cc4)c3)n(-c3c(C)cc(C(C)(C)C)cc3C)n2)c1.[Ir].[Ir].[Pt]. The van der Waals surface area contributed by atoms with Crippen molar-refractivity contribution >= 4 is 0 Å². The van der Waals surface area contributed by atoms with Crippen molar-refractivity contribution in [2.24, 2.45) is 0 Å². The summed E-state index contributed by atoms with van der Waals surface area (Å²) in [6.07, 6.45) is 6.26. The molecule has 0 spiro atoms. The van der Waals surface area contributed by atoms with E-state index in [-0.39, 0.29) is 94.8 Å². The molecule has 0 aliphatic rings. The molecule has 0 N–H and O–H groups in total. The molecule has 0 saturated carbocycles. The van der Waals surface area contributed by atoms with E-state index in [2.05, 4.69) is 452 Å². The van der Waals surface area contributed by atoms with Gasteiger partial charge >= 0.3 is 0 Å². The van der Waals surface area contributed by atoms with Gasteiger partial charge in [0.15, 0.2) is 17.5 Å². The molecule has 0 amide bonds. The van der Waals surface area contributed by atoms with Crippen LogP contribution in [-0.2, 0) is 89.4 Å². The van der Waals surface area contributed by atoms with Crippen LogP contribution < -0.4 is 0 Å². The molecule has 17 aromatic rings. The summed E-state index contributed by atoms with van der Waals surface area (Å²) in [5, 5.41) is 15.6. The minimum absolute atomic E-state index is 0. The van der Waals surface area contributed by atoms with Crippen LogP contribution in [0, 0.1) is 87.4 Å². The Balaban J connectivity index is 0.000000197. The molecule has 140 heavy (non-hydrogen) atoms. The van der Waals surface area contributed by atoms with E-state index in [9.17, 15) is 0 Å². The zero-order chi connectivity index (χ0) is 97.9. The molecule has 3 aromatic heterocycles. The van der Waals surface area contributed by atoms with Crippen LogP contribution in [0.25, 0.3) is 141 Å². The van der Waals surface area contributed by atoms with E-state index < -0.39 is 0 Å². The second-order valence-corrected chi connectivity index (χ2v) is 43.0. The standard InChI is InChI=1S/C60H62N3.C38H42N3.C30H34N3.2Ir.Pt/c1-38(2)54-36-50(42-17-14-13-15-18-42)37-55(39(3)4)56(54)63-58(61-57(62-63)51-30-40(5)29-41(6)31-51)46-20-16-19-45(32-46)49-34-47(43-21-25-52(26-22-43)59(7,8)9)33-48(35-49)44-23-27-53(28-24-44)60(10,11)12;1-24-18-25(2)20-31(19-24)35-39-36(41(40-35)34-26(3)21-33(22-27(34)4)38(8,9)10)30-13-11-12-29(23-30)28-14-16-32(17-15-28)37(5,6)7;1-6-7-8-10-13-25-19-23(4)28(24(5)20-25)33-30(26-14-11-9-12-15-26)31-29(32-33)27-17-21(2)16-22(3)18-27;;;/h13-19,21-39H,1-12H3;11-12,14-23H,1-10H3;9,11-12,14,16-20H,6-8,10,13H2,1-5H3;;;/q3*-1;;;. The summed E-state index contributed by atoms with van der Waals surface area (Å²) in [6, 6.07) is 110. The molecular weight excluding hydrogens is 2240 g/mol. The molecule has 0 bridgehead atoms. The van der Waals surface area contributed by atoms with Gasteiger partial charge in [0, 0.05) is 78.0 Å². The van der Waals surface area contributed by atoms with Gasteiger partial charge in [0.2, 0.25) is 0 Å². The smallest absolute Gasteiger partial charge is 0.171 e. The molecule has 0 aliphatic heterocycles. The maximum atomic E-state index is 5.44. The minimum atomic E-state index is 0. The van der Waals surface area contributed by atoms with E-state index in [0.717, 1.165) is 103 Å². The molecule has 0 atom stereocenters. The predicted molar refractivity (Wildman–Crippen MR) is 579 cm³/mol. The summed E-state index contributed by atoms with van der Waals surface area (Å²) in [6.45, 7) is 60.0. The zero-order valence-electron chi connectivity index (χ0n) is 87.2. The van der Waals surface area contributed by atoms with Gasteiger partial charge < -0.3 is 0 Å². The van der Waals surface area contributed by atoms with Crippen molar-refractivity contribution in [3.8, 4) is 141 Å². The van der Waals surface area contributed by atoms with Crippen molar-refractivity contribution in [2.75, 3.05) is 0 Å². The molecule has 0 fully saturated rings. The van der Waals surface area contributed by atoms with Crippen LogP contribution in [0.1, 0.15) is 250 Å². The molecule has 12 heteroatoms. The third kappa shape index (κ3) is 25.3. The van der Waals surface area contributed by atoms with Gasteiger partial charge in [-0.05, 0) is 288 Å². The number of aryl methyl sites for hydroxylation is 11. The van der Waals surface area contributed by atoms with Crippen molar-refractivity contribution in [2.45, 2.75) is 253 Å². The first-order chi connectivity index (χ1) is 65.1. The number of hydrogen-bond donors (Lipinski definition) is 0. The number of unbranched alkanes of at least 4 members (excludes halogenated alkanes) is 3. The quantitative estimate of drug-likeness (QED) is 0.0526. The van der Waals surface area contributed by atoms with Gasteiger partial charge in [-0.2, -0.15) is 15.3 Å². The Labute approximate surface area is 877 Å². The largest absolute Gasteiger partial charge is 0.257 e. The summed E-state index contributed by atoms with van der Waals surface area (Å²) < 4.78 is 6.17. The molecule has 17 rings (SSSR count). The van der Waals surface area contributed by atoms with Crippen LogP contribution in [-0.4, -0.2) is 44.3 Å². The third-order valence-corrected chi connectivity index (χ3v) is 26.2. The van der Waals surface area contributed by atoms with E-state index in [1.807, 2.05) is 39.7 Å². The van der Waals surface area contributed by atoms with Crippen molar-refractivity contribution in [3.05, 3.63) is 386 Å². The van der Waals surface area contributed by atoms with E-state index in [4.69, 9.17) is 30.2 Å². The monoisotopic (exact) mass is 2380 g/mol. The van der Waals surface area contributed by atoms with Crippen LogP contribution in [0.2, 0.25) is 0 Å². The molecule has 726 valence electrons. The maximum absolute atomic E-state index is 5.44. The summed E-state index contributed by atoms with van der Waals surface area (Å²) in [5.41, 5.74) is 42.4. The van der Waals surface area contributed by atoms with Crippen LogP contribution >= 0.6 is 0 Å². The first-order valence-electron chi connectivity index (χ1n) is 49.2. The second-order valence-electron chi connectivity index (χ2n) is 43.0. The van der Waals surface area contributed by atoms with Gasteiger partial charge in [-0.3, -0.25) is 29.0 Å². The number of benzene rings is 14. The van der Waals surface area contributed by atoms with Crippen LogP contribution in [0.15, 0.2) is 273 Å². The molecule has 9 nitrogen and oxygen atoms in total. The first kappa shape index (κ1) is 107. The Morgan fingerprint density at radius 3 is 0.936 bits per heavy atom. The molecule has 2 radical (unpaired) electrons. The number of hydrogen-bond acceptors (Lipinski definition) is 6. The van der Waals surface area contributed by atoms with Gasteiger partial charge in [0.25, 0.3) is 0 Å². The summed E-state index contributed by atoms with van der Waals surface area (Å²) >= 11 is 0. The second kappa shape index (κ2) is 45.2. The predicted octanol–water partition coefficient (Wildman–Crippen LogP) is 34.2. The van der Waals surface area contributed by atoms with E-state index >= 15 is 0 Å². The maximum Gasteiger partial charge on any atom is 0.171 e. The number of aromatic nitrogens is 9. The Morgan fingerprint density at radius 1 is 0.271 bits per heavy atom. The topological polar surface area (TPSA) is 92.1 Å². The van der Waals surface area contributed by atoms with Crippen LogP contribution in [0.4, 0.5) is 0 Å². The fourth-order valence-electron chi connectivity index (χ4n) is 18.9. The minimum Gasteiger partial charge on any atom is -0.257 e. The van der Waals surface area contributed by atoms with Gasteiger partial charge in [0.05, 0.1) is 34.5 Å². The van der Waals surface area contributed by atoms with Crippen molar-refractivity contribution < 1.29 is 61.3 Å². The molecule has 14 aromatic carbocycles.